The van der Waals surface area contributed by atoms with E-state index < -0.39 is 0 Å². The molecule has 1 amide bonds. The minimum absolute atomic E-state index is 0.117. The van der Waals surface area contributed by atoms with E-state index in [1.54, 1.807) is 11.8 Å². The molecule has 8 nitrogen and oxygen atoms in total. The number of hydrogen-bond donors (Lipinski definition) is 1. The maximum Gasteiger partial charge on any atom is 0.234 e. The molecule has 0 aliphatic heterocycles. The van der Waals surface area contributed by atoms with Crippen LogP contribution in [-0.4, -0.2) is 51.6 Å². The molecule has 30 heavy (non-hydrogen) atoms. The molecule has 0 bridgehead atoms. The fourth-order valence-corrected chi connectivity index (χ4v) is 3.75. The van der Waals surface area contributed by atoms with Crippen LogP contribution in [0, 0.1) is 0 Å². The molecule has 0 unspecified atom stereocenters. The molecule has 0 aliphatic carbocycles. The van der Waals surface area contributed by atoms with E-state index in [0.29, 0.717) is 11.2 Å². The van der Waals surface area contributed by atoms with Crippen molar-refractivity contribution in [1.82, 2.24) is 20.2 Å². The van der Waals surface area contributed by atoms with Gasteiger partial charge in [-0.25, -0.2) is 0 Å². The van der Waals surface area contributed by atoms with Crippen LogP contribution in [0.2, 0.25) is 0 Å². The highest BCUT2D eigenvalue weighted by atomic mass is 32.2. The largest absolute Gasteiger partial charge is 0.497 e. The zero-order valence-corrected chi connectivity index (χ0v) is 18.4. The SMILES string of the molecule is CCN(c1ccc(NC(=O)CSc2nnnn2-c2ccc(OC)cc2)cc1)C(C)C. The Bertz CT molecular complexity index is 956. The number of benzene rings is 2. The Morgan fingerprint density at radius 2 is 1.87 bits per heavy atom. The van der Waals surface area contributed by atoms with Gasteiger partial charge in [0, 0.05) is 24.0 Å². The average Bonchev–Trinajstić information content (AvgIpc) is 3.22. The van der Waals surface area contributed by atoms with Crippen LogP contribution < -0.4 is 15.0 Å². The molecule has 0 saturated carbocycles. The molecule has 0 spiro atoms. The molecule has 1 N–H and O–H groups in total. The molecule has 2 aromatic carbocycles. The first-order valence-corrected chi connectivity index (χ1v) is 10.7. The molecule has 3 rings (SSSR count). The third-order valence-corrected chi connectivity index (χ3v) is 5.46. The number of hydrogen-bond acceptors (Lipinski definition) is 7. The number of methoxy groups -OCH3 is 1. The van der Waals surface area contributed by atoms with Crippen molar-refractivity contribution in [2.75, 3.05) is 29.6 Å². The smallest absolute Gasteiger partial charge is 0.234 e. The van der Waals surface area contributed by atoms with E-state index in [9.17, 15) is 4.79 Å². The van der Waals surface area contributed by atoms with Crippen LogP contribution in [0.4, 0.5) is 11.4 Å². The number of amides is 1. The molecule has 158 valence electrons. The predicted octanol–water partition coefficient (Wildman–Crippen LogP) is 3.64. The molecule has 0 fully saturated rings. The van der Waals surface area contributed by atoms with Crippen molar-refractivity contribution in [3.05, 3.63) is 48.5 Å². The van der Waals surface area contributed by atoms with Crippen LogP contribution in [0.3, 0.4) is 0 Å². The second-order valence-electron chi connectivity index (χ2n) is 6.83. The van der Waals surface area contributed by atoms with Crippen LogP contribution in [0.15, 0.2) is 53.7 Å². The van der Waals surface area contributed by atoms with Crippen molar-refractivity contribution >= 4 is 29.0 Å². The summed E-state index contributed by atoms with van der Waals surface area (Å²) in [7, 11) is 1.61. The maximum absolute atomic E-state index is 12.4. The van der Waals surface area contributed by atoms with Gasteiger partial charge in [0.1, 0.15) is 5.75 Å². The van der Waals surface area contributed by atoms with Gasteiger partial charge in [0.25, 0.3) is 0 Å². The Labute approximate surface area is 180 Å². The summed E-state index contributed by atoms with van der Waals surface area (Å²) >= 11 is 1.28. The van der Waals surface area contributed by atoms with Gasteiger partial charge in [-0.2, -0.15) is 4.68 Å². The van der Waals surface area contributed by atoms with Crippen molar-refractivity contribution in [2.45, 2.75) is 32.0 Å². The lowest BCUT2D eigenvalue weighted by atomic mass is 10.2. The summed E-state index contributed by atoms with van der Waals surface area (Å²) in [4.78, 5) is 14.7. The number of ether oxygens (including phenoxy) is 1. The Morgan fingerprint density at radius 1 is 1.17 bits per heavy atom. The molecule has 0 aliphatic rings. The first-order valence-electron chi connectivity index (χ1n) is 9.74. The minimum Gasteiger partial charge on any atom is -0.497 e. The molecule has 1 heterocycles. The monoisotopic (exact) mass is 426 g/mol. The lowest BCUT2D eigenvalue weighted by molar-refractivity contribution is -0.113. The van der Waals surface area contributed by atoms with E-state index >= 15 is 0 Å². The Kier molecular flexibility index (Phi) is 7.29. The van der Waals surface area contributed by atoms with Crippen LogP contribution in [0.5, 0.6) is 5.75 Å². The second kappa shape index (κ2) is 10.1. The minimum atomic E-state index is -0.117. The van der Waals surface area contributed by atoms with Gasteiger partial charge in [0.2, 0.25) is 11.1 Å². The van der Waals surface area contributed by atoms with E-state index in [2.05, 4.69) is 46.5 Å². The lowest BCUT2D eigenvalue weighted by Crippen LogP contribution is -2.30. The predicted molar refractivity (Wildman–Crippen MR) is 120 cm³/mol. The van der Waals surface area contributed by atoms with Crippen LogP contribution >= 0.6 is 11.8 Å². The molecule has 3 aromatic rings. The molecule has 9 heteroatoms. The van der Waals surface area contributed by atoms with Gasteiger partial charge in [-0.3, -0.25) is 4.79 Å². The van der Waals surface area contributed by atoms with Crippen molar-refractivity contribution in [1.29, 1.82) is 0 Å². The molecule has 1 aromatic heterocycles. The third kappa shape index (κ3) is 5.29. The molecule has 0 radical (unpaired) electrons. The van der Waals surface area contributed by atoms with Gasteiger partial charge in [-0.1, -0.05) is 11.8 Å². The van der Waals surface area contributed by atoms with Gasteiger partial charge < -0.3 is 15.0 Å². The van der Waals surface area contributed by atoms with E-state index in [0.717, 1.165) is 29.4 Å². The number of nitrogens with zero attached hydrogens (tertiary/aromatic N) is 5. The Morgan fingerprint density at radius 3 is 2.47 bits per heavy atom. The summed E-state index contributed by atoms with van der Waals surface area (Å²) in [5, 5.41) is 15.2. The highest BCUT2D eigenvalue weighted by Gasteiger charge is 2.13. The molecule has 0 atom stereocenters. The van der Waals surface area contributed by atoms with Gasteiger partial charge in [0.05, 0.1) is 18.6 Å². The fourth-order valence-electron chi connectivity index (χ4n) is 3.06. The van der Waals surface area contributed by atoms with Crippen LogP contribution in [0.1, 0.15) is 20.8 Å². The summed E-state index contributed by atoms with van der Waals surface area (Å²) in [6.07, 6.45) is 0. The summed E-state index contributed by atoms with van der Waals surface area (Å²) in [5.74, 6) is 0.834. The van der Waals surface area contributed by atoms with Gasteiger partial charge >= 0.3 is 0 Å². The summed E-state index contributed by atoms with van der Waals surface area (Å²) in [5.41, 5.74) is 2.70. The van der Waals surface area contributed by atoms with Crippen molar-refractivity contribution < 1.29 is 9.53 Å². The summed E-state index contributed by atoms with van der Waals surface area (Å²) in [6, 6.07) is 15.7. The first-order chi connectivity index (χ1) is 14.5. The molecular formula is C21H26N6O2S. The number of rotatable bonds is 9. The Hall–Kier alpha value is -3.07. The number of nitrogens with one attached hydrogen (secondary N) is 1. The number of carbonyl (C=O) groups excluding carboxylic acids is 1. The van der Waals surface area contributed by atoms with E-state index in [1.807, 2.05) is 48.5 Å². The van der Waals surface area contributed by atoms with Crippen LogP contribution in [-0.2, 0) is 4.79 Å². The number of thioether (sulfide) groups is 1. The standard InChI is InChI=1S/C21H26N6O2S/c1-5-26(15(2)3)17-8-6-16(7-9-17)22-20(28)14-30-21-23-24-25-27(21)18-10-12-19(29-4)13-11-18/h6-13,15H,5,14H2,1-4H3,(H,22,28). The second-order valence-corrected chi connectivity index (χ2v) is 7.78. The Balaban J connectivity index is 1.58. The average molecular weight is 427 g/mol. The number of anilines is 2. The third-order valence-electron chi connectivity index (χ3n) is 4.54. The van der Waals surface area contributed by atoms with Crippen LogP contribution in [0.25, 0.3) is 5.69 Å². The first kappa shape index (κ1) is 21.6. The number of carbonyl (C=O) groups is 1. The maximum atomic E-state index is 12.4. The quantitative estimate of drug-likeness (QED) is 0.523. The summed E-state index contributed by atoms with van der Waals surface area (Å²) < 4.78 is 6.76. The van der Waals surface area contributed by atoms with E-state index in [1.165, 1.54) is 11.8 Å². The summed E-state index contributed by atoms with van der Waals surface area (Å²) in [6.45, 7) is 7.39. The normalized spacial score (nSPS) is 10.8. The molecular weight excluding hydrogens is 400 g/mol. The zero-order valence-electron chi connectivity index (χ0n) is 17.6. The number of tetrazole rings is 1. The van der Waals surface area contributed by atoms with Gasteiger partial charge in [-0.15, -0.1) is 5.10 Å². The van der Waals surface area contributed by atoms with Crippen molar-refractivity contribution in [2.24, 2.45) is 0 Å². The topological polar surface area (TPSA) is 85.2 Å². The van der Waals surface area contributed by atoms with E-state index in [4.69, 9.17) is 4.74 Å². The van der Waals surface area contributed by atoms with Gasteiger partial charge in [0.15, 0.2) is 0 Å². The zero-order chi connectivity index (χ0) is 21.5. The highest BCUT2D eigenvalue weighted by molar-refractivity contribution is 7.99. The lowest BCUT2D eigenvalue weighted by Gasteiger charge is -2.27. The molecule has 0 saturated heterocycles. The fraction of sp³-hybridized carbons (Fsp3) is 0.333. The van der Waals surface area contributed by atoms with E-state index in [-0.39, 0.29) is 11.7 Å². The highest BCUT2D eigenvalue weighted by Crippen LogP contribution is 2.22. The number of aromatic nitrogens is 4. The van der Waals surface area contributed by atoms with Crippen molar-refractivity contribution in [3.8, 4) is 11.4 Å². The van der Waals surface area contributed by atoms with Gasteiger partial charge in [-0.05, 0) is 79.7 Å². The van der Waals surface area contributed by atoms with Crippen molar-refractivity contribution in [3.63, 3.8) is 0 Å².